The topological polar surface area (TPSA) is 51.4 Å². The van der Waals surface area contributed by atoms with Crippen LogP contribution in [0.1, 0.15) is 10.6 Å². The molecule has 0 aromatic carbocycles. The summed E-state index contributed by atoms with van der Waals surface area (Å²) in [5.74, 6) is 0. The molecule has 0 radical (unpaired) electrons. The fourth-order valence-electron chi connectivity index (χ4n) is 1.50. The minimum Gasteiger partial charge on any atom is -0.389 e. The van der Waals surface area contributed by atoms with Crippen molar-refractivity contribution in [3.63, 3.8) is 0 Å². The second kappa shape index (κ2) is 4.42. The van der Waals surface area contributed by atoms with Crippen LogP contribution >= 0.6 is 23.6 Å². The first-order valence-electron chi connectivity index (χ1n) is 4.78. The van der Waals surface area contributed by atoms with Gasteiger partial charge < -0.3 is 15.4 Å². The van der Waals surface area contributed by atoms with Crippen LogP contribution in [0.15, 0.2) is 0 Å². The number of aryl methyl sites for hydroxylation is 1. The van der Waals surface area contributed by atoms with E-state index in [0.717, 1.165) is 42.0 Å². The highest BCUT2D eigenvalue weighted by atomic mass is 32.1. The molecule has 0 unspecified atom stereocenters. The standard InChI is InChI=1S/C9H13N3OS2/c1-6-7(8(10)14)15-9(11-6)12-2-4-13-5-3-12/h2-5H2,1H3,(H2,10,14). The molecule has 4 nitrogen and oxygen atoms in total. The molecule has 1 fully saturated rings. The van der Waals surface area contributed by atoms with Crippen LogP contribution in [0.4, 0.5) is 5.13 Å². The van der Waals surface area contributed by atoms with Crippen LogP contribution in [0, 0.1) is 6.92 Å². The van der Waals surface area contributed by atoms with E-state index < -0.39 is 0 Å². The number of thiazole rings is 1. The molecule has 2 rings (SSSR count). The molecule has 0 spiro atoms. The number of ether oxygens (including phenoxy) is 1. The number of nitrogens with zero attached hydrogens (tertiary/aromatic N) is 2. The van der Waals surface area contributed by atoms with Crippen molar-refractivity contribution in [1.29, 1.82) is 0 Å². The predicted molar refractivity (Wildman–Crippen MR) is 65.8 cm³/mol. The number of anilines is 1. The van der Waals surface area contributed by atoms with Gasteiger partial charge in [0.2, 0.25) is 0 Å². The van der Waals surface area contributed by atoms with Crippen molar-refractivity contribution in [2.24, 2.45) is 5.73 Å². The van der Waals surface area contributed by atoms with Crippen LogP contribution < -0.4 is 10.6 Å². The first-order valence-corrected chi connectivity index (χ1v) is 6.01. The van der Waals surface area contributed by atoms with E-state index in [1.54, 1.807) is 11.3 Å². The summed E-state index contributed by atoms with van der Waals surface area (Å²) in [5.41, 5.74) is 6.54. The van der Waals surface area contributed by atoms with Crippen LogP contribution in [0.2, 0.25) is 0 Å². The fourth-order valence-corrected chi connectivity index (χ4v) is 2.74. The van der Waals surface area contributed by atoms with Crippen molar-refractivity contribution in [3.8, 4) is 0 Å². The zero-order valence-electron chi connectivity index (χ0n) is 8.52. The van der Waals surface area contributed by atoms with Crippen molar-refractivity contribution in [3.05, 3.63) is 10.6 Å². The van der Waals surface area contributed by atoms with Crippen molar-refractivity contribution >= 4 is 33.7 Å². The van der Waals surface area contributed by atoms with Crippen molar-refractivity contribution in [2.75, 3.05) is 31.2 Å². The van der Waals surface area contributed by atoms with Gasteiger partial charge in [0.25, 0.3) is 0 Å². The molecule has 82 valence electrons. The molecule has 2 N–H and O–H groups in total. The van der Waals surface area contributed by atoms with Gasteiger partial charge in [-0.1, -0.05) is 23.6 Å². The lowest BCUT2D eigenvalue weighted by atomic mass is 10.4. The Labute approximate surface area is 98.0 Å². The van der Waals surface area contributed by atoms with E-state index in [1.807, 2.05) is 6.92 Å². The van der Waals surface area contributed by atoms with E-state index in [9.17, 15) is 0 Å². The highest BCUT2D eigenvalue weighted by Crippen LogP contribution is 2.26. The predicted octanol–water partition coefficient (Wildman–Crippen LogP) is 0.922. The molecule has 1 aliphatic heterocycles. The lowest BCUT2D eigenvalue weighted by molar-refractivity contribution is 0.122. The molecular formula is C9H13N3OS2. The summed E-state index contributed by atoms with van der Waals surface area (Å²) in [6.07, 6.45) is 0. The number of hydrogen-bond acceptors (Lipinski definition) is 5. The number of thiocarbonyl (C=S) groups is 1. The van der Waals surface area contributed by atoms with Gasteiger partial charge in [0.1, 0.15) is 4.99 Å². The van der Waals surface area contributed by atoms with Gasteiger partial charge in [-0.25, -0.2) is 4.98 Å². The first-order chi connectivity index (χ1) is 7.18. The van der Waals surface area contributed by atoms with Gasteiger partial charge >= 0.3 is 0 Å². The lowest BCUT2D eigenvalue weighted by Gasteiger charge is -2.25. The zero-order valence-corrected chi connectivity index (χ0v) is 10.2. The Bertz CT molecular complexity index is 371. The number of nitrogens with two attached hydrogens (primary N) is 1. The van der Waals surface area contributed by atoms with Gasteiger partial charge in [0.05, 0.1) is 23.8 Å². The summed E-state index contributed by atoms with van der Waals surface area (Å²) in [4.78, 5) is 8.05. The second-order valence-corrected chi connectivity index (χ2v) is 4.79. The summed E-state index contributed by atoms with van der Waals surface area (Å²) in [6.45, 7) is 5.25. The Hall–Kier alpha value is -0.720. The van der Waals surface area contributed by atoms with E-state index >= 15 is 0 Å². The van der Waals surface area contributed by atoms with Crippen molar-refractivity contribution in [1.82, 2.24) is 4.98 Å². The molecule has 0 saturated carbocycles. The molecule has 0 aliphatic carbocycles. The minimum atomic E-state index is 0.435. The van der Waals surface area contributed by atoms with Gasteiger partial charge in [0, 0.05) is 13.1 Å². The molecule has 0 bridgehead atoms. The third-order valence-electron chi connectivity index (χ3n) is 2.29. The maximum atomic E-state index is 5.62. The number of rotatable bonds is 2. The second-order valence-electron chi connectivity index (χ2n) is 3.37. The Morgan fingerprint density at radius 1 is 1.53 bits per heavy atom. The quantitative estimate of drug-likeness (QED) is 0.783. The summed E-state index contributed by atoms with van der Waals surface area (Å²) in [5, 5.41) is 0.999. The van der Waals surface area contributed by atoms with Gasteiger partial charge in [-0.05, 0) is 6.92 Å². The Balaban J connectivity index is 2.21. The average molecular weight is 243 g/mol. The third-order valence-corrected chi connectivity index (χ3v) is 3.88. The molecule has 1 saturated heterocycles. The van der Waals surface area contributed by atoms with Gasteiger partial charge in [-0.2, -0.15) is 0 Å². The number of hydrogen-bond donors (Lipinski definition) is 1. The average Bonchev–Trinajstić information content (AvgIpc) is 2.62. The highest BCUT2D eigenvalue weighted by molar-refractivity contribution is 7.81. The summed E-state index contributed by atoms with van der Waals surface area (Å²) < 4.78 is 5.29. The van der Waals surface area contributed by atoms with E-state index in [2.05, 4.69) is 9.88 Å². The van der Waals surface area contributed by atoms with Crippen LogP contribution in [0.3, 0.4) is 0 Å². The van der Waals surface area contributed by atoms with Crippen LogP contribution in [0.5, 0.6) is 0 Å². The molecule has 1 aliphatic rings. The van der Waals surface area contributed by atoms with Gasteiger partial charge in [-0.3, -0.25) is 0 Å². The maximum absolute atomic E-state index is 5.62. The Kier molecular flexibility index (Phi) is 3.18. The highest BCUT2D eigenvalue weighted by Gasteiger charge is 2.17. The summed E-state index contributed by atoms with van der Waals surface area (Å²) in [7, 11) is 0. The summed E-state index contributed by atoms with van der Waals surface area (Å²) >= 11 is 6.54. The molecule has 2 heterocycles. The Morgan fingerprint density at radius 3 is 2.73 bits per heavy atom. The van der Waals surface area contributed by atoms with Crippen molar-refractivity contribution in [2.45, 2.75) is 6.92 Å². The molecule has 15 heavy (non-hydrogen) atoms. The smallest absolute Gasteiger partial charge is 0.186 e. The lowest BCUT2D eigenvalue weighted by Crippen LogP contribution is -2.36. The van der Waals surface area contributed by atoms with Gasteiger partial charge in [-0.15, -0.1) is 0 Å². The molecule has 0 atom stereocenters. The number of aromatic nitrogens is 1. The molecule has 6 heteroatoms. The third kappa shape index (κ3) is 2.27. The fraction of sp³-hybridized carbons (Fsp3) is 0.556. The first kappa shape index (κ1) is 10.8. The van der Waals surface area contributed by atoms with Crippen LogP contribution in [0.25, 0.3) is 0 Å². The van der Waals surface area contributed by atoms with Gasteiger partial charge in [0.15, 0.2) is 5.13 Å². The summed E-state index contributed by atoms with van der Waals surface area (Å²) in [6, 6.07) is 0. The normalized spacial score (nSPS) is 16.7. The van der Waals surface area contributed by atoms with E-state index in [1.165, 1.54) is 0 Å². The monoisotopic (exact) mass is 243 g/mol. The van der Waals surface area contributed by atoms with E-state index in [4.69, 9.17) is 22.7 Å². The molecule has 1 aromatic rings. The molecular weight excluding hydrogens is 230 g/mol. The zero-order chi connectivity index (χ0) is 10.8. The van der Waals surface area contributed by atoms with Crippen LogP contribution in [-0.4, -0.2) is 36.3 Å². The van der Waals surface area contributed by atoms with Crippen LogP contribution in [-0.2, 0) is 4.74 Å². The molecule has 1 aromatic heterocycles. The van der Waals surface area contributed by atoms with E-state index in [0.29, 0.717) is 4.99 Å². The maximum Gasteiger partial charge on any atom is 0.186 e. The minimum absolute atomic E-state index is 0.435. The van der Waals surface area contributed by atoms with Crippen molar-refractivity contribution < 1.29 is 4.74 Å². The van der Waals surface area contributed by atoms with E-state index in [-0.39, 0.29) is 0 Å². The SMILES string of the molecule is Cc1nc(N2CCOCC2)sc1C(N)=S. The largest absolute Gasteiger partial charge is 0.389 e. The Morgan fingerprint density at radius 2 is 2.20 bits per heavy atom. The molecule has 0 amide bonds. The number of morpholine rings is 1.